The van der Waals surface area contributed by atoms with Crippen molar-refractivity contribution in [2.75, 3.05) is 13.6 Å². The number of benzene rings is 1. The van der Waals surface area contributed by atoms with Gasteiger partial charge in [0.05, 0.1) is 12.2 Å². The summed E-state index contributed by atoms with van der Waals surface area (Å²) in [5.74, 6) is 0.662. The van der Waals surface area contributed by atoms with Crippen molar-refractivity contribution in [1.82, 2.24) is 25.7 Å². The van der Waals surface area contributed by atoms with Crippen molar-refractivity contribution in [3.8, 4) is 0 Å². The van der Waals surface area contributed by atoms with E-state index in [2.05, 4.69) is 26.0 Å². The highest BCUT2D eigenvalue weighted by atomic mass is 127. The monoisotopic (exact) mass is 456 g/mol. The van der Waals surface area contributed by atoms with Crippen LogP contribution >= 0.6 is 24.0 Å². The number of aromatic nitrogens is 2. The molecule has 0 atom stereocenters. The maximum absolute atomic E-state index is 11.7. The third kappa shape index (κ3) is 6.37. The molecule has 0 spiro atoms. The average Bonchev–Trinajstić information content (AvgIpc) is 3.01. The van der Waals surface area contributed by atoms with Crippen LogP contribution in [0.15, 0.2) is 41.5 Å². The van der Waals surface area contributed by atoms with Crippen molar-refractivity contribution in [2.45, 2.75) is 20.0 Å². The Morgan fingerprint density at radius 2 is 1.80 bits per heavy atom. The molecule has 0 saturated heterocycles. The molecule has 8 heteroatoms. The van der Waals surface area contributed by atoms with E-state index >= 15 is 0 Å². The fraction of sp³-hybridized carbons (Fsp3) is 0.353. The first-order valence-electron chi connectivity index (χ1n) is 7.92. The van der Waals surface area contributed by atoms with E-state index in [1.807, 2.05) is 49.0 Å². The van der Waals surface area contributed by atoms with Gasteiger partial charge >= 0.3 is 0 Å². The van der Waals surface area contributed by atoms with Crippen molar-refractivity contribution in [3.63, 3.8) is 0 Å². The Morgan fingerprint density at radius 1 is 1.12 bits per heavy atom. The van der Waals surface area contributed by atoms with Crippen molar-refractivity contribution < 1.29 is 4.79 Å². The van der Waals surface area contributed by atoms with Crippen LogP contribution in [0.5, 0.6) is 0 Å². The first-order chi connectivity index (χ1) is 11.6. The second-order valence-corrected chi connectivity index (χ2v) is 5.28. The quantitative estimate of drug-likeness (QED) is 0.351. The molecular formula is C17H25IN6O. The first-order valence-corrected chi connectivity index (χ1v) is 7.92. The van der Waals surface area contributed by atoms with Crippen LogP contribution in [-0.4, -0.2) is 35.2 Å². The van der Waals surface area contributed by atoms with Gasteiger partial charge in [-0.15, -0.1) is 24.0 Å². The second kappa shape index (κ2) is 10.7. The van der Waals surface area contributed by atoms with Crippen LogP contribution in [0.2, 0.25) is 0 Å². The Hall–Kier alpha value is -2.10. The number of rotatable bonds is 6. The SMILES string of the molecule is CCNC(=O)c1ccc(CNC(=NC)NCc2ccnn2C)cc1.I. The number of aryl methyl sites for hydroxylation is 1. The molecule has 7 nitrogen and oxygen atoms in total. The molecule has 1 amide bonds. The molecule has 1 aromatic heterocycles. The van der Waals surface area contributed by atoms with Gasteiger partial charge in [0.15, 0.2) is 5.96 Å². The Bertz CT molecular complexity index is 695. The summed E-state index contributed by atoms with van der Waals surface area (Å²) >= 11 is 0. The fourth-order valence-corrected chi connectivity index (χ4v) is 2.19. The van der Waals surface area contributed by atoms with Crippen molar-refractivity contribution >= 4 is 35.8 Å². The predicted molar refractivity (Wildman–Crippen MR) is 110 cm³/mol. The normalized spacial score (nSPS) is 10.8. The molecule has 0 radical (unpaired) electrons. The zero-order chi connectivity index (χ0) is 17.4. The minimum atomic E-state index is -0.0503. The van der Waals surface area contributed by atoms with E-state index in [-0.39, 0.29) is 29.9 Å². The third-order valence-corrected chi connectivity index (χ3v) is 3.60. The lowest BCUT2D eigenvalue weighted by Gasteiger charge is -2.12. The lowest BCUT2D eigenvalue weighted by molar-refractivity contribution is 0.0956. The van der Waals surface area contributed by atoms with Gasteiger partial charge in [0.2, 0.25) is 0 Å². The Kier molecular flexibility index (Phi) is 8.96. The molecule has 0 saturated carbocycles. The maximum atomic E-state index is 11.7. The van der Waals surface area contributed by atoms with E-state index in [0.717, 1.165) is 11.3 Å². The number of nitrogens with one attached hydrogen (secondary N) is 3. The van der Waals surface area contributed by atoms with Gasteiger partial charge in [-0.1, -0.05) is 12.1 Å². The number of aliphatic imine (C=N–C) groups is 1. The van der Waals surface area contributed by atoms with Gasteiger partial charge in [-0.25, -0.2) is 0 Å². The van der Waals surface area contributed by atoms with Gasteiger partial charge in [-0.2, -0.15) is 5.10 Å². The van der Waals surface area contributed by atoms with Crippen LogP contribution in [0.4, 0.5) is 0 Å². The molecule has 0 bridgehead atoms. The van der Waals surface area contributed by atoms with E-state index < -0.39 is 0 Å². The number of carbonyl (C=O) groups excluding carboxylic acids is 1. The Labute approximate surface area is 165 Å². The predicted octanol–water partition coefficient (Wildman–Crippen LogP) is 1.65. The molecule has 0 aliphatic heterocycles. The highest BCUT2D eigenvalue weighted by Gasteiger charge is 2.04. The highest BCUT2D eigenvalue weighted by Crippen LogP contribution is 2.04. The molecule has 0 aliphatic carbocycles. The number of halogens is 1. The van der Waals surface area contributed by atoms with Gasteiger partial charge in [-0.05, 0) is 30.7 Å². The lowest BCUT2D eigenvalue weighted by Crippen LogP contribution is -2.36. The summed E-state index contributed by atoms with van der Waals surface area (Å²) < 4.78 is 1.82. The summed E-state index contributed by atoms with van der Waals surface area (Å²) in [5, 5.41) is 13.4. The minimum absolute atomic E-state index is 0. The van der Waals surface area contributed by atoms with Crippen LogP contribution in [-0.2, 0) is 20.1 Å². The Balaban J connectivity index is 0.00000312. The summed E-state index contributed by atoms with van der Waals surface area (Å²) in [5.41, 5.74) is 2.81. The van der Waals surface area contributed by atoms with Gasteiger partial charge < -0.3 is 16.0 Å². The maximum Gasteiger partial charge on any atom is 0.251 e. The molecule has 136 valence electrons. The molecule has 1 aromatic carbocycles. The standard InChI is InChI=1S/C17H24N6O.HI/c1-4-19-16(24)14-7-5-13(6-8-14)11-20-17(18-2)21-12-15-9-10-22-23(15)3;/h5-10H,4,11-12H2,1-3H3,(H,19,24)(H2,18,20,21);1H. The second-order valence-electron chi connectivity index (χ2n) is 5.28. The summed E-state index contributed by atoms with van der Waals surface area (Å²) in [4.78, 5) is 15.9. The van der Waals surface area contributed by atoms with Crippen LogP contribution in [0.1, 0.15) is 28.5 Å². The summed E-state index contributed by atoms with van der Waals surface area (Å²) in [7, 11) is 3.64. The van der Waals surface area contributed by atoms with Crippen LogP contribution in [0.3, 0.4) is 0 Å². The van der Waals surface area contributed by atoms with Gasteiger partial charge in [0.25, 0.3) is 5.91 Å². The van der Waals surface area contributed by atoms with E-state index in [0.29, 0.717) is 31.2 Å². The van der Waals surface area contributed by atoms with E-state index in [9.17, 15) is 4.79 Å². The summed E-state index contributed by atoms with van der Waals surface area (Å²) in [6.07, 6.45) is 1.77. The lowest BCUT2D eigenvalue weighted by atomic mass is 10.1. The van der Waals surface area contributed by atoms with Crippen LogP contribution < -0.4 is 16.0 Å². The van der Waals surface area contributed by atoms with Crippen molar-refractivity contribution in [1.29, 1.82) is 0 Å². The fourth-order valence-electron chi connectivity index (χ4n) is 2.19. The number of carbonyl (C=O) groups is 1. The van der Waals surface area contributed by atoms with E-state index in [1.54, 1.807) is 13.2 Å². The van der Waals surface area contributed by atoms with Crippen LogP contribution in [0.25, 0.3) is 0 Å². The smallest absolute Gasteiger partial charge is 0.251 e. The number of hydrogen-bond donors (Lipinski definition) is 3. The number of nitrogens with zero attached hydrogens (tertiary/aromatic N) is 3. The van der Waals surface area contributed by atoms with Gasteiger partial charge in [0, 0.05) is 38.9 Å². The average molecular weight is 456 g/mol. The molecule has 2 rings (SSSR count). The molecule has 0 fully saturated rings. The van der Waals surface area contributed by atoms with Crippen LogP contribution in [0, 0.1) is 0 Å². The number of guanidine groups is 1. The molecule has 3 N–H and O–H groups in total. The number of amides is 1. The molecule has 0 unspecified atom stereocenters. The van der Waals surface area contributed by atoms with E-state index in [1.165, 1.54) is 0 Å². The topological polar surface area (TPSA) is 83.3 Å². The van der Waals surface area contributed by atoms with Gasteiger partial charge in [0.1, 0.15) is 0 Å². The van der Waals surface area contributed by atoms with E-state index in [4.69, 9.17) is 0 Å². The molecule has 0 aliphatic rings. The Morgan fingerprint density at radius 3 is 2.36 bits per heavy atom. The van der Waals surface area contributed by atoms with Crippen molar-refractivity contribution in [3.05, 3.63) is 53.3 Å². The zero-order valence-electron chi connectivity index (χ0n) is 14.7. The van der Waals surface area contributed by atoms with Crippen molar-refractivity contribution in [2.24, 2.45) is 12.0 Å². The first kappa shape index (κ1) is 20.9. The largest absolute Gasteiger partial charge is 0.352 e. The zero-order valence-corrected chi connectivity index (χ0v) is 17.1. The number of hydrogen-bond acceptors (Lipinski definition) is 3. The molecule has 2 aromatic rings. The third-order valence-electron chi connectivity index (χ3n) is 3.60. The molecule has 25 heavy (non-hydrogen) atoms. The summed E-state index contributed by atoms with van der Waals surface area (Å²) in [6, 6.07) is 9.49. The minimum Gasteiger partial charge on any atom is -0.352 e. The molecule has 1 heterocycles. The summed E-state index contributed by atoms with van der Waals surface area (Å²) in [6.45, 7) is 3.80. The highest BCUT2D eigenvalue weighted by molar-refractivity contribution is 14.0. The molecular weight excluding hydrogens is 431 g/mol. The van der Waals surface area contributed by atoms with Gasteiger partial charge in [-0.3, -0.25) is 14.5 Å².